The smallest absolute Gasteiger partial charge is 0.273 e. The molecule has 3 aromatic rings. The summed E-state index contributed by atoms with van der Waals surface area (Å²) in [7, 11) is 1.54. The first-order chi connectivity index (χ1) is 14.0. The Balaban J connectivity index is 1.51. The second-order valence-corrected chi connectivity index (χ2v) is 7.52. The van der Waals surface area contributed by atoms with E-state index in [4.69, 9.17) is 17.3 Å². The number of benzene rings is 2. The SMILES string of the molecule is CNC(=O)c1nc(-c2cccc(CNC3CCc4cc(Cl)ccc43)c2)cnc1N. The van der Waals surface area contributed by atoms with Gasteiger partial charge in [0.15, 0.2) is 11.5 Å². The summed E-state index contributed by atoms with van der Waals surface area (Å²) < 4.78 is 0. The van der Waals surface area contributed by atoms with Crippen molar-refractivity contribution in [1.82, 2.24) is 20.6 Å². The Morgan fingerprint density at radius 2 is 2.14 bits per heavy atom. The van der Waals surface area contributed by atoms with Gasteiger partial charge in [-0.05, 0) is 47.7 Å². The van der Waals surface area contributed by atoms with Crippen LogP contribution in [0.5, 0.6) is 0 Å². The van der Waals surface area contributed by atoms with E-state index in [0.717, 1.165) is 35.5 Å². The molecule has 1 atom stereocenters. The van der Waals surface area contributed by atoms with Crippen molar-refractivity contribution in [2.45, 2.75) is 25.4 Å². The van der Waals surface area contributed by atoms with Gasteiger partial charge in [-0.3, -0.25) is 4.79 Å². The lowest BCUT2D eigenvalue weighted by Gasteiger charge is -2.15. The van der Waals surface area contributed by atoms with E-state index < -0.39 is 0 Å². The van der Waals surface area contributed by atoms with Gasteiger partial charge in [0, 0.05) is 30.2 Å². The highest BCUT2D eigenvalue weighted by Gasteiger charge is 2.22. The van der Waals surface area contributed by atoms with E-state index in [1.54, 1.807) is 6.20 Å². The molecule has 1 unspecified atom stereocenters. The molecule has 1 aromatic heterocycles. The van der Waals surface area contributed by atoms with Crippen molar-refractivity contribution >= 4 is 23.3 Å². The van der Waals surface area contributed by atoms with Gasteiger partial charge >= 0.3 is 0 Å². The summed E-state index contributed by atoms with van der Waals surface area (Å²) in [6.07, 6.45) is 3.69. The molecule has 6 nitrogen and oxygen atoms in total. The Bertz CT molecular complexity index is 1070. The lowest BCUT2D eigenvalue weighted by Crippen LogP contribution is -2.21. The van der Waals surface area contributed by atoms with E-state index in [9.17, 15) is 4.79 Å². The van der Waals surface area contributed by atoms with Crippen molar-refractivity contribution in [2.75, 3.05) is 12.8 Å². The monoisotopic (exact) mass is 407 g/mol. The molecular formula is C22H22ClN5O. The molecule has 0 radical (unpaired) electrons. The first-order valence-electron chi connectivity index (χ1n) is 9.51. The highest BCUT2D eigenvalue weighted by Crippen LogP contribution is 2.33. The first-order valence-corrected chi connectivity index (χ1v) is 9.88. The predicted molar refractivity (Wildman–Crippen MR) is 115 cm³/mol. The second-order valence-electron chi connectivity index (χ2n) is 7.08. The number of nitrogens with zero attached hydrogens (tertiary/aromatic N) is 2. The Labute approximate surface area is 174 Å². The molecule has 148 valence electrons. The summed E-state index contributed by atoms with van der Waals surface area (Å²) in [5.41, 5.74) is 11.2. The van der Waals surface area contributed by atoms with Gasteiger partial charge in [-0.1, -0.05) is 35.9 Å². The molecule has 2 aromatic carbocycles. The number of rotatable bonds is 5. The average Bonchev–Trinajstić information content (AvgIpc) is 3.14. The van der Waals surface area contributed by atoms with Gasteiger partial charge in [0.05, 0.1) is 11.9 Å². The Morgan fingerprint density at radius 1 is 1.28 bits per heavy atom. The lowest BCUT2D eigenvalue weighted by molar-refractivity contribution is 0.0959. The Kier molecular flexibility index (Phi) is 5.47. The van der Waals surface area contributed by atoms with Crippen molar-refractivity contribution < 1.29 is 4.79 Å². The minimum absolute atomic E-state index is 0.117. The molecule has 1 heterocycles. The minimum Gasteiger partial charge on any atom is -0.382 e. The van der Waals surface area contributed by atoms with Crippen LogP contribution in [0, 0.1) is 0 Å². The van der Waals surface area contributed by atoms with Crippen LogP contribution in [0.15, 0.2) is 48.7 Å². The Hall–Kier alpha value is -2.96. The third kappa shape index (κ3) is 4.09. The van der Waals surface area contributed by atoms with Gasteiger partial charge in [0.1, 0.15) is 0 Å². The summed E-state index contributed by atoms with van der Waals surface area (Å²) in [5.74, 6) is -0.236. The molecule has 0 fully saturated rings. The van der Waals surface area contributed by atoms with Crippen LogP contribution in [0.4, 0.5) is 5.82 Å². The van der Waals surface area contributed by atoms with Gasteiger partial charge in [-0.15, -0.1) is 0 Å². The molecule has 1 aliphatic rings. The summed E-state index contributed by atoms with van der Waals surface area (Å²) in [4.78, 5) is 20.5. The van der Waals surface area contributed by atoms with Crippen molar-refractivity contribution in [2.24, 2.45) is 0 Å². The van der Waals surface area contributed by atoms with Gasteiger partial charge in [-0.25, -0.2) is 9.97 Å². The van der Waals surface area contributed by atoms with Gasteiger partial charge in [0.2, 0.25) is 0 Å². The van der Waals surface area contributed by atoms with Gasteiger partial charge in [-0.2, -0.15) is 0 Å². The summed E-state index contributed by atoms with van der Waals surface area (Å²) in [6.45, 7) is 0.727. The predicted octanol–water partition coefficient (Wildman–Crippen LogP) is 3.52. The normalized spacial score (nSPS) is 15.2. The quantitative estimate of drug-likeness (QED) is 0.601. The fraction of sp³-hybridized carbons (Fsp3) is 0.227. The van der Waals surface area contributed by atoms with Crippen molar-refractivity contribution in [3.8, 4) is 11.3 Å². The van der Waals surface area contributed by atoms with Gasteiger partial charge < -0.3 is 16.4 Å². The molecule has 0 saturated heterocycles. The zero-order valence-electron chi connectivity index (χ0n) is 16.1. The number of nitrogen functional groups attached to an aromatic ring is 1. The molecule has 1 amide bonds. The number of aryl methyl sites for hydroxylation is 1. The highest BCUT2D eigenvalue weighted by atomic mass is 35.5. The number of anilines is 1. The highest BCUT2D eigenvalue weighted by molar-refractivity contribution is 6.30. The van der Waals surface area contributed by atoms with Crippen LogP contribution in [0.25, 0.3) is 11.3 Å². The third-order valence-electron chi connectivity index (χ3n) is 5.20. The number of halogens is 1. The zero-order chi connectivity index (χ0) is 20.4. The number of nitrogens with one attached hydrogen (secondary N) is 2. The summed E-state index contributed by atoms with van der Waals surface area (Å²) >= 11 is 6.11. The van der Waals surface area contributed by atoms with Crippen LogP contribution in [0.3, 0.4) is 0 Å². The molecular weight excluding hydrogens is 386 g/mol. The average molecular weight is 408 g/mol. The van der Waals surface area contributed by atoms with Gasteiger partial charge in [0.25, 0.3) is 5.91 Å². The summed E-state index contributed by atoms with van der Waals surface area (Å²) in [6, 6.07) is 14.5. The largest absolute Gasteiger partial charge is 0.382 e. The van der Waals surface area contributed by atoms with E-state index in [1.165, 1.54) is 18.2 Å². The zero-order valence-corrected chi connectivity index (χ0v) is 16.8. The lowest BCUT2D eigenvalue weighted by atomic mass is 10.1. The van der Waals surface area contributed by atoms with Crippen LogP contribution in [-0.4, -0.2) is 22.9 Å². The van der Waals surface area contributed by atoms with Crippen LogP contribution in [-0.2, 0) is 13.0 Å². The van der Waals surface area contributed by atoms with Crippen LogP contribution >= 0.6 is 11.6 Å². The number of carbonyl (C=O) groups is 1. The molecule has 29 heavy (non-hydrogen) atoms. The fourth-order valence-corrected chi connectivity index (χ4v) is 3.90. The number of amides is 1. The van der Waals surface area contributed by atoms with E-state index in [1.807, 2.05) is 18.2 Å². The topological polar surface area (TPSA) is 92.9 Å². The third-order valence-corrected chi connectivity index (χ3v) is 5.44. The molecule has 4 N–H and O–H groups in total. The van der Waals surface area contributed by atoms with Crippen LogP contribution in [0.1, 0.15) is 39.6 Å². The van der Waals surface area contributed by atoms with E-state index in [-0.39, 0.29) is 17.4 Å². The molecule has 0 bridgehead atoms. The standard InChI is InChI=1S/C22H22ClN5O/c1-25-22(29)20-21(24)27-12-19(28-20)15-4-2-3-13(9-15)11-26-18-8-5-14-10-16(23)6-7-17(14)18/h2-4,6-7,9-10,12,18,26H,5,8,11H2,1H3,(H2,24,27)(H,25,29). The number of aromatic nitrogens is 2. The van der Waals surface area contributed by atoms with Crippen molar-refractivity contribution in [1.29, 1.82) is 0 Å². The summed E-state index contributed by atoms with van der Waals surface area (Å²) in [5, 5.41) is 6.96. The molecule has 4 rings (SSSR count). The van der Waals surface area contributed by atoms with E-state index in [2.05, 4.69) is 44.9 Å². The maximum Gasteiger partial charge on any atom is 0.273 e. The number of carbonyl (C=O) groups excluding carboxylic acids is 1. The Morgan fingerprint density at radius 3 is 2.97 bits per heavy atom. The first kappa shape index (κ1) is 19.4. The maximum atomic E-state index is 11.9. The number of hydrogen-bond donors (Lipinski definition) is 3. The number of hydrogen-bond acceptors (Lipinski definition) is 5. The van der Waals surface area contributed by atoms with Crippen LogP contribution < -0.4 is 16.4 Å². The minimum atomic E-state index is -0.352. The molecule has 1 aliphatic carbocycles. The van der Waals surface area contributed by atoms with Crippen molar-refractivity contribution in [3.63, 3.8) is 0 Å². The molecule has 7 heteroatoms. The fourth-order valence-electron chi connectivity index (χ4n) is 3.70. The van der Waals surface area contributed by atoms with Crippen LogP contribution in [0.2, 0.25) is 5.02 Å². The number of fused-ring (bicyclic) bond motifs is 1. The van der Waals surface area contributed by atoms with Crippen molar-refractivity contribution in [3.05, 3.63) is 76.1 Å². The maximum absolute atomic E-state index is 11.9. The molecule has 0 saturated carbocycles. The van der Waals surface area contributed by atoms with E-state index >= 15 is 0 Å². The molecule has 0 aliphatic heterocycles. The second kappa shape index (κ2) is 8.19. The number of nitrogens with two attached hydrogens (primary N) is 1. The molecule has 0 spiro atoms. The van der Waals surface area contributed by atoms with E-state index in [0.29, 0.717) is 11.7 Å².